The standard InChI is InChI=1S/C47H60BrF2N10O2P/c1-6-31-25-40(56-47-53-29-35(48)46(57-47)55-39-11-10-38-34(45(39)63(4,5)61)28-52-43(7-2)54-38)42(62-3)26-41(31)60-17-13-33(14-18-60)59-21-19-58(20-22-59)16-12-30-23-36(49)44(37(50)24-30)32-9-8-15-51-27-32/h10-11,23-26,28-29,32-33,51H,6-9,12-22,27H2,1-5H3,(H2,53,55,56,57). The van der Waals surface area contributed by atoms with E-state index in [0.29, 0.717) is 58.4 Å². The van der Waals surface area contributed by atoms with Gasteiger partial charge in [-0.2, -0.15) is 4.98 Å². The maximum Gasteiger partial charge on any atom is 0.229 e. The summed E-state index contributed by atoms with van der Waals surface area (Å²) in [5.74, 6) is 1.46. The summed E-state index contributed by atoms with van der Waals surface area (Å²) in [7, 11) is -1.09. The van der Waals surface area contributed by atoms with Crippen molar-refractivity contribution in [3.05, 3.63) is 87.4 Å². The lowest BCUT2D eigenvalue weighted by atomic mass is 9.90. The summed E-state index contributed by atoms with van der Waals surface area (Å²) in [5, 5.41) is 11.5. The number of nitrogens with one attached hydrogen (secondary N) is 3. The van der Waals surface area contributed by atoms with Crippen LogP contribution in [0.1, 0.15) is 68.0 Å². The van der Waals surface area contributed by atoms with Crippen LogP contribution in [-0.2, 0) is 23.8 Å². The van der Waals surface area contributed by atoms with E-state index < -0.39 is 18.8 Å². The highest BCUT2D eigenvalue weighted by molar-refractivity contribution is 9.10. The number of hydrogen-bond donors (Lipinski definition) is 3. The Bertz CT molecular complexity index is 2440. The number of benzene rings is 3. The molecule has 5 heterocycles. The van der Waals surface area contributed by atoms with Crippen molar-refractivity contribution >= 4 is 68.1 Å². The first-order valence-electron chi connectivity index (χ1n) is 22.4. The molecule has 16 heteroatoms. The van der Waals surface area contributed by atoms with Gasteiger partial charge >= 0.3 is 0 Å². The fourth-order valence-electron chi connectivity index (χ4n) is 9.58. The average Bonchev–Trinajstić information content (AvgIpc) is 3.29. The molecule has 0 radical (unpaired) electrons. The number of nitrogens with zero attached hydrogens (tertiary/aromatic N) is 7. The largest absolute Gasteiger partial charge is 0.494 e. The zero-order valence-corrected chi connectivity index (χ0v) is 39.6. The van der Waals surface area contributed by atoms with Crippen molar-refractivity contribution in [3.63, 3.8) is 0 Å². The van der Waals surface area contributed by atoms with Gasteiger partial charge in [-0.25, -0.2) is 23.7 Å². The van der Waals surface area contributed by atoms with Gasteiger partial charge in [-0.15, -0.1) is 0 Å². The molecule has 0 aliphatic carbocycles. The number of piperazine rings is 1. The highest BCUT2D eigenvalue weighted by Crippen LogP contribution is 2.42. The number of hydrogen-bond acceptors (Lipinski definition) is 12. The average molecular weight is 946 g/mol. The van der Waals surface area contributed by atoms with E-state index >= 15 is 8.78 Å². The van der Waals surface area contributed by atoms with E-state index in [0.717, 1.165) is 112 Å². The van der Waals surface area contributed by atoms with Gasteiger partial charge in [-0.05, 0) is 116 Å². The van der Waals surface area contributed by atoms with E-state index in [4.69, 9.17) is 9.72 Å². The Morgan fingerprint density at radius 3 is 2.33 bits per heavy atom. The zero-order chi connectivity index (χ0) is 44.3. The van der Waals surface area contributed by atoms with Crippen LogP contribution in [-0.4, -0.2) is 115 Å². The van der Waals surface area contributed by atoms with Gasteiger partial charge in [0.15, 0.2) is 0 Å². The SMILES string of the molecule is CCc1ncc2c(P(C)(C)=O)c(Nc3nc(Nc4cc(CC)c(N5CCC(N6CCN(CCc7cc(F)c(C8CCCNC8)c(F)c7)CC6)CC5)cc4OC)ncc3Br)ccc2n1. The van der Waals surface area contributed by atoms with Crippen LogP contribution in [0.2, 0.25) is 0 Å². The van der Waals surface area contributed by atoms with Crippen molar-refractivity contribution in [1.29, 1.82) is 0 Å². The number of halogens is 3. The lowest BCUT2D eigenvalue weighted by Crippen LogP contribution is -2.53. The Morgan fingerprint density at radius 1 is 0.905 bits per heavy atom. The number of ether oxygens (including phenoxy) is 1. The van der Waals surface area contributed by atoms with Crippen LogP contribution < -0.4 is 30.9 Å². The highest BCUT2D eigenvalue weighted by Gasteiger charge is 2.30. The normalized spacial score (nSPS) is 18.2. The van der Waals surface area contributed by atoms with Gasteiger partial charge in [0.25, 0.3) is 0 Å². The predicted molar refractivity (Wildman–Crippen MR) is 255 cm³/mol. The molecule has 3 N–H and O–H groups in total. The first-order chi connectivity index (χ1) is 30.4. The van der Waals surface area contributed by atoms with Gasteiger partial charge in [-0.1, -0.05) is 13.8 Å². The summed E-state index contributed by atoms with van der Waals surface area (Å²) in [4.78, 5) is 26.1. The molecule has 5 aromatic rings. The molecular weight excluding hydrogens is 885 g/mol. The molecule has 336 valence electrons. The zero-order valence-electron chi connectivity index (χ0n) is 37.1. The monoisotopic (exact) mass is 944 g/mol. The van der Waals surface area contributed by atoms with E-state index in [1.165, 1.54) is 11.3 Å². The van der Waals surface area contributed by atoms with Gasteiger partial charge < -0.3 is 35.1 Å². The van der Waals surface area contributed by atoms with Crippen LogP contribution in [0.25, 0.3) is 10.9 Å². The maximum atomic E-state index is 15.1. The van der Waals surface area contributed by atoms with E-state index in [2.05, 4.69) is 80.6 Å². The van der Waals surface area contributed by atoms with Crippen molar-refractivity contribution < 1.29 is 18.1 Å². The number of aryl methyl sites for hydroxylation is 2. The smallest absolute Gasteiger partial charge is 0.229 e. The molecule has 0 spiro atoms. The fourth-order valence-corrected chi connectivity index (χ4v) is 11.3. The molecular formula is C47H60BrF2N10O2P. The van der Waals surface area contributed by atoms with Gasteiger partial charge in [0, 0.05) is 111 Å². The maximum absolute atomic E-state index is 15.1. The van der Waals surface area contributed by atoms with Crippen LogP contribution in [0.15, 0.2) is 53.3 Å². The van der Waals surface area contributed by atoms with Gasteiger partial charge in [0.05, 0.1) is 28.5 Å². The first-order valence-corrected chi connectivity index (χ1v) is 25.8. The molecule has 3 aliphatic rings. The van der Waals surface area contributed by atoms with Crippen molar-refractivity contribution in [1.82, 2.24) is 35.1 Å². The Labute approximate surface area is 378 Å². The Balaban J connectivity index is 0.880. The van der Waals surface area contributed by atoms with Crippen molar-refractivity contribution in [2.24, 2.45) is 0 Å². The second kappa shape index (κ2) is 19.9. The molecule has 0 amide bonds. The third kappa shape index (κ3) is 10.3. The summed E-state index contributed by atoms with van der Waals surface area (Å²) < 4.78 is 50.4. The minimum atomic E-state index is -2.77. The number of anilines is 5. The van der Waals surface area contributed by atoms with E-state index in [1.807, 2.05) is 19.1 Å². The molecule has 12 nitrogen and oxygen atoms in total. The van der Waals surface area contributed by atoms with Gasteiger partial charge in [0.2, 0.25) is 5.95 Å². The van der Waals surface area contributed by atoms with Crippen LogP contribution in [0.3, 0.4) is 0 Å². The predicted octanol–water partition coefficient (Wildman–Crippen LogP) is 8.63. The number of rotatable bonds is 14. The number of methoxy groups -OCH3 is 1. The molecule has 0 bridgehead atoms. The number of fused-ring (bicyclic) bond motifs is 1. The molecule has 3 aromatic carbocycles. The van der Waals surface area contributed by atoms with Crippen LogP contribution in [0, 0.1) is 11.6 Å². The molecule has 1 unspecified atom stereocenters. The second-order valence-corrected chi connectivity index (χ2v) is 21.4. The molecule has 3 aliphatic heterocycles. The summed E-state index contributed by atoms with van der Waals surface area (Å²) in [6, 6.07) is 11.7. The third-order valence-corrected chi connectivity index (χ3v) is 15.1. The van der Waals surface area contributed by atoms with Gasteiger partial charge in [0.1, 0.15) is 36.2 Å². The van der Waals surface area contributed by atoms with Crippen LogP contribution in [0.4, 0.5) is 37.6 Å². The highest BCUT2D eigenvalue weighted by atomic mass is 79.9. The topological polar surface area (TPSA) is 124 Å². The van der Waals surface area contributed by atoms with Crippen LogP contribution in [0.5, 0.6) is 5.75 Å². The van der Waals surface area contributed by atoms with E-state index in [9.17, 15) is 4.57 Å². The van der Waals surface area contributed by atoms with Crippen LogP contribution >= 0.6 is 23.1 Å². The van der Waals surface area contributed by atoms with Crippen molar-refractivity contribution in [2.75, 3.05) is 94.9 Å². The molecule has 0 saturated carbocycles. The minimum Gasteiger partial charge on any atom is -0.494 e. The van der Waals surface area contributed by atoms with E-state index in [-0.39, 0.29) is 11.5 Å². The quantitative estimate of drug-likeness (QED) is 0.0925. The Kier molecular flexibility index (Phi) is 14.3. The molecule has 1 atom stereocenters. The number of piperidine rings is 2. The Hall–Kier alpha value is -4.27. The molecule has 63 heavy (non-hydrogen) atoms. The van der Waals surface area contributed by atoms with Crippen molar-refractivity contribution in [3.8, 4) is 5.75 Å². The van der Waals surface area contributed by atoms with Crippen molar-refractivity contribution in [2.45, 2.75) is 70.8 Å². The third-order valence-electron chi connectivity index (χ3n) is 13.0. The number of aromatic nitrogens is 4. The van der Waals surface area contributed by atoms with E-state index in [1.54, 1.807) is 45.0 Å². The fraction of sp³-hybridized carbons (Fsp3) is 0.489. The first kappa shape index (κ1) is 45.3. The van der Waals surface area contributed by atoms with Gasteiger partial charge in [-0.3, -0.25) is 4.90 Å². The summed E-state index contributed by atoms with van der Waals surface area (Å²) in [6.45, 7) is 15.9. The molecule has 3 fully saturated rings. The Morgan fingerprint density at radius 2 is 1.67 bits per heavy atom. The minimum absolute atomic E-state index is 0.0882. The lowest BCUT2D eigenvalue weighted by molar-refractivity contribution is 0.0855. The molecule has 2 aromatic heterocycles. The lowest BCUT2D eigenvalue weighted by Gasteiger charge is -2.43. The molecule has 3 saturated heterocycles. The second-order valence-electron chi connectivity index (χ2n) is 17.4. The molecule has 8 rings (SSSR count). The summed E-state index contributed by atoms with van der Waals surface area (Å²) in [5.41, 5.74) is 5.58. The summed E-state index contributed by atoms with van der Waals surface area (Å²) in [6.07, 6.45) is 9.59. The summed E-state index contributed by atoms with van der Waals surface area (Å²) >= 11 is 3.62.